The monoisotopic (exact) mass is 533 g/mol. The van der Waals surface area contributed by atoms with E-state index >= 15 is 0 Å². The van der Waals surface area contributed by atoms with E-state index in [2.05, 4.69) is 37.2 Å². The molecule has 1 saturated heterocycles. The summed E-state index contributed by atoms with van der Waals surface area (Å²) in [5.74, 6) is -0.370. The predicted molar refractivity (Wildman–Crippen MR) is 120 cm³/mol. The SMILES string of the molecule is CC(C)(C)OC(=O)NCC(=Cc1c(Br)cc(F)cc1Br)B1OC(C)(C)C(C)(C)O1. The van der Waals surface area contributed by atoms with Gasteiger partial charge in [-0.1, -0.05) is 37.9 Å². The van der Waals surface area contributed by atoms with Crippen molar-refractivity contribution in [1.82, 2.24) is 5.32 Å². The number of amides is 1. The molecule has 2 rings (SSSR count). The summed E-state index contributed by atoms with van der Waals surface area (Å²) in [6.07, 6.45) is 1.27. The number of carbonyl (C=O) groups excluding carboxylic acids is 1. The topological polar surface area (TPSA) is 56.8 Å². The molecule has 0 radical (unpaired) electrons. The molecule has 0 aliphatic carbocycles. The second-order valence-corrected chi connectivity index (χ2v) is 10.7. The van der Waals surface area contributed by atoms with Crippen molar-refractivity contribution >= 4 is 51.1 Å². The maximum absolute atomic E-state index is 13.7. The van der Waals surface area contributed by atoms with Crippen molar-refractivity contribution in [2.24, 2.45) is 0 Å². The number of carbonyl (C=O) groups is 1. The van der Waals surface area contributed by atoms with Crippen LogP contribution in [-0.4, -0.2) is 36.6 Å². The number of alkyl carbamates (subject to hydrolysis) is 1. The van der Waals surface area contributed by atoms with E-state index in [1.165, 1.54) is 12.1 Å². The highest BCUT2D eigenvalue weighted by Gasteiger charge is 2.52. The van der Waals surface area contributed by atoms with Crippen molar-refractivity contribution in [3.8, 4) is 0 Å². The van der Waals surface area contributed by atoms with Gasteiger partial charge in [0.05, 0.1) is 11.2 Å². The lowest BCUT2D eigenvalue weighted by atomic mass is 9.77. The molecule has 0 unspecified atom stereocenters. The molecule has 0 aromatic heterocycles. The summed E-state index contributed by atoms with van der Waals surface area (Å²) in [5.41, 5.74) is -0.314. The molecule has 1 N–H and O–H groups in total. The van der Waals surface area contributed by atoms with Crippen LogP contribution in [0.15, 0.2) is 26.6 Å². The van der Waals surface area contributed by atoms with Crippen LogP contribution in [0.4, 0.5) is 9.18 Å². The Morgan fingerprint density at radius 1 is 1.17 bits per heavy atom. The molecule has 1 aromatic carbocycles. The number of rotatable bonds is 4. The predicted octanol–water partition coefficient (Wildman–Crippen LogP) is 5.89. The Balaban J connectivity index is 2.36. The van der Waals surface area contributed by atoms with Crippen LogP contribution in [0, 0.1) is 5.82 Å². The minimum Gasteiger partial charge on any atom is -0.444 e. The van der Waals surface area contributed by atoms with E-state index in [1.807, 2.05) is 33.8 Å². The number of hydrogen-bond acceptors (Lipinski definition) is 4. The zero-order chi connectivity index (χ0) is 22.2. The van der Waals surface area contributed by atoms with Crippen molar-refractivity contribution in [2.45, 2.75) is 65.3 Å². The maximum Gasteiger partial charge on any atom is 0.492 e. The standard InChI is InChI=1S/C20H27BBr2FNO4/c1-18(2,3)27-17(26)25-11-12(21-28-19(4,5)20(6,7)29-21)8-14-15(22)9-13(24)10-16(14)23/h8-10H,11H2,1-7H3,(H,25,26). The molecule has 1 aliphatic rings. The van der Waals surface area contributed by atoms with Gasteiger partial charge in [0, 0.05) is 21.1 Å². The Morgan fingerprint density at radius 2 is 1.66 bits per heavy atom. The molecule has 5 nitrogen and oxygen atoms in total. The van der Waals surface area contributed by atoms with Crippen LogP contribution in [0.2, 0.25) is 0 Å². The minimum absolute atomic E-state index is 0.141. The molecule has 0 spiro atoms. The molecule has 9 heteroatoms. The van der Waals surface area contributed by atoms with Crippen LogP contribution in [0.1, 0.15) is 54.0 Å². The van der Waals surface area contributed by atoms with Gasteiger partial charge in [-0.15, -0.1) is 0 Å². The Hall–Kier alpha value is -0.895. The average Bonchev–Trinajstić information content (AvgIpc) is 2.71. The number of benzene rings is 1. The first-order valence-electron chi connectivity index (χ1n) is 9.29. The number of nitrogens with one attached hydrogen (secondary N) is 1. The van der Waals surface area contributed by atoms with E-state index in [0.717, 1.165) is 0 Å². The van der Waals surface area contributed by atoms with Gasteiger partial charge >= 0.3 is 13.2 Å². The Bertz CT molecular complexity index is 782. The zero-order valence-electron chi connectivity index (χ0n) is 17.8. The first kappa shape index (κ1) is 24.4. The van der Waals surface area contributed by atoms with E-state index in [0.29, 0.717) is 20.0 Å². The van der Waals surface area contributed by atoms with Gasteiger partial charge in [0.2, 0.25) is 0 Å². The normalized spacial score (nSPS) is 18.7. The second-order valence-electron chi connectivity index (χ2n) is 8.95. The van der Waals surface area contributed by atoms with Crippen molar-refractivity contribution in [3.05, 3.63) is 37.9 Å². The fourth-order valence-electron chi connectivity index (χ4n) is 2.56. The van der Waals surface area contributed by atoms with Crippen molar-refractivity contribution in [3.63, 3.8) is 0 Å². The molecule has 0 bridgehead atoms. The highest BCUT2D eigenvalue weighted by molar-refractivity contribution is 9.11. The van der Waals surface area contributed by atoms with E-state index in [1.54, 1.807) is 20.8 Å². The molecular formula is C20H27BBr2FNO4. The second kappa shape index (κ2) is 8.69. The molecule has 1 heterocycles. The molecule has 1 aliphatic heterocycles. The highest BCUT2D eigenvalue weighted by atomic mass is 79.9. The van der Waals surface area contributed by atoms with Gasteiger partial charge < -0.3 is 19.4 Å². The van der Waals surface area contributed by atoms with Gasteiger partial charge in [-0.25, -0.2) is 9.18 Å². The zero-order valence-corrected chi connectivity index (χ0v) is 21.0. The lowest BCUT2D eigenvalue weighted by Gasteiger charge is -2.32. The molecule has 1 amide bonds. The molecule has 1 aromatic rings. The number of ether oxygens (including phenoxy) is 1. The lowest BCUT2D eigenvalue weighted by molar-refractivity contribution is 0.00578. The van der Waals surface area contributed by atoms with E-state index in [-0.39, 0.29) is 12.4 Å². The molecule has 160 valence electrons. The van der Waals surface area contributed by atoms with E-state index in [9.17, 15) is 9.18 Å². The largest absolute Gasteiger partial charge is 0.492 e. The van der Waals surface area contributed by atoms with Gasteiger partial charge in [0.15, 0.2) is 0 Å². The summed E-state index contributed by atoms with van der Waals surface area (Å²) in [6, 6.07) is 2.75. The van der Waals surface area contributed by atoms with E-state index < -0.39 is 30.0 Å². The summed E-state index contributed by atoms with van der Waals surface area (Å²) in [4.78, 5) is 12.2. The van der Waals surface area contributed by atoms with Gasteiger partial charge in [0.1, 0.15) is 11.4 Å². The summed E-state index contributed by atoms with van der Waals surface area (Å²) < 4.78 is 32.4. The smallest absolute Gasteiger partial charge is 0.444 e. The third-order valence-corrected chi connectivity index (χ3v) is 6.08. The van der Waals surface area contributed by atoms with Crippen LogP contribution in [0.5, 0.6) is 0 Å². The first-order valence-corrected chi connectivity index (χ1v) is 10.9. The van der Waals surface area contributed by atoms with Crippen molar-refractivity contribution < 1.29 is 23.2 Å². The summed E-state index contributed by atoms with van der Waals surface area (Å²) in [7, 11) is -0.682. The first-order chi connectivity index (χ1) is 13.1. The van der Waals surface area contributed by atoms with Gasteiger partial charge in [-0.3, -0.25) is 0 Å². The van der Waals surface area contributed by atoms with Crippen molar-refractivity contribution in [2.75, 3.05) is 6.54 Å². The van der Waals surface area contributed by atoms with Crippen LogP contribution in [0.25, 0.3) is 6.08 Å². The third kappa shape index (κ3) is 6.29. The fourth-order valence-corrected chi connectivity index (χ4v) is 3.92. The third-order valence-electron chi connectivity index (χ3n) is 4.77. The molecule has 1 fully saturated rings. The van der Waals surface area contributed by atoms with Crippen LogP contribution in [-0.2, 0) is 14.0 Å². The molecule has 0 saturated carbocycles. The van der Waals surface area contributed by atoms with Gasteiger partial charge in [0.25, 0.3) is 0 Å². The molecule has 0 atom stereocenters. The lowest BCUT2D eigenvalue weighted by Crippen LogP contribution is -2.41. The summed E-state index contributed by atoms with van der Waals surface area (Å²) in [6.45, 7) is 13.3. The fraction of sp³-hybridized carbons (Fsp3) is 0.550. The number of halogens is 3. The maximum atomic E-state index is 13.7. The molecule has 29 heavy (non-hydrogen) atoms. The molecular weight excluding hydrogens is 508 g/mol. The quantitative estimate of drug-likeness (QED) is 0.489. The Kier molecular flexibility index (Phi) is 7.30. The van der Waals surface area contributed by atoms with Crippen LogP contribution >= 0.6 is 31.9 Å². The van der Waals surface area contributed by atoms with Gasteiger partial charge in [-0.05, 0) is 66.1 Å². The minimum atomic E-state index is -0.682. The van der Waals surface area contributed by atoms with Gasteiger partial charge in [-0.2, -0.15) is 0 Å². The van der Waals surface area contributed by atoms with Crippen LogP contribution < -0.4 is 5.32 Å². The Labute approximate surface area is 189 Å². The van der Waals surface area contributed by atoms with Crippen molar-refractivity contribution in [1.29, 1.82) is 0 Å². The van der Waals surface area contributed by atoms with E-state index in [4.69, 9.17) is 14.0 Å². The summed E-state index contributed by atoms with van der Waals surface area (Å²) >= 11 is 6.78. The van der Waals surface area contributed by atoms with Crippen LogP contribution in [0.3, 0.4) is 0 Å². The highest BCUT2D eigenvalue weighted by Crippen LogP contribution is 2.39. The number of hydrogen-bond donors (Lipinski definition) is 1. The Morgan fingerprint density at radius 3 is 2.10 bits per heavy atom. The summed E-state index contributed by atoms with van der Waals surface area (Å²) in [5, 5.41) is 2.75. The average molecular weight is 535 g/mol.